The number of hydrogen-bond donors (Lipinski definition) is 0. The minimum atomic E-state index is -0.285. The molecule has 1 nitrogen and oxygen atoms in total. The maximum atomic E-state index is 5.81. The summed E-state index contributed by atoms with van der Waals surface area (Å²) in [4.78, 5) is 4.19. The highest BCUT2D eigenvalue weighted by Gasteiger charge is 2.23. The van der Waals surface area contributed by atoms with E-state index in [0.717, 1.165) is 15.0 Å². The summed E-state index contributed by atoms with van der Waals surface area (Å²) in [7, 11) is 0. The molecule has 1 aromatic rings. The summed E-state index contributed by atoms with van der Waals surface area (Å²) in [5, 5.41) is 3.18. The number of isothiocyanates is 1. The van der Waals surface area contributed by atoms with Crippen molar-refractivity contribution in [1.29, 1.82) is 0 Å². The fourth-order valence-electron chi connectivity index (χ4n) is 1.08. The topological polar surface area (TPSA) is 12.4 Å². The van der Waals surface area contributed by atoms with Crippen LogP contribution in [0.25, 0.3) is 0 Å². The molecule has 0 saturated heterocycles. The van der Waals surface area contributed by atoms with E-state index in [2.05, 4.69) is 45.0 Å². The van der Waals surface area contributed by atoms with Crippen LogP contribution in [0.3, 0.4) is 0 Å². The second-order valence-electron chi connectivity index (χ2n) is 3.12. The number of alkyl halides is 1. The molecule has 1 rings (SSSR count). The van der Waals surface area contributed by atoms with Crippen LogP contribution in [0.15, 0.2) is 29.3 Å². The molecule has 4 heteroatoms. The second kappa shape index (κ2) is 5.21. The van der Waals surface area contributed by atoms with Crippen LogP contribution in [-0.4, -0.2) is 9.59 Å². The molecule has 1 atom stereocenters. The van der Waals surface area contributed by atoms with Crippen molar-refractivity contribution in [3.05, 3.63) is 34.9 Å². The fourth-order valence-corrected chi connectivity index (χ4v) is 2.02. The molecule has 0 heterocycles. The Labute approximate surface area is 108 Å². The number of nitrogens with zero attached hydrogens (tertiary/aromatic N) is 1. The summed E-state index contributed by atoms with van der Waals surface area (Å²) < 4.78 is 0.857. The van der Waals surface area contributed by atoms with Crippen molar-refractivity contribution in [2.45, 2.75) is 12.5 Å². The van der Waals surface area contributed by atoms with Gasteiger partial charge in [0.05, 0.1) is 5.16 Å². The SMILES string of the molecule is CC(CI)(N=C=S)c1ccc(Cl)cc1. The molecular formula is C10H9ClINS. The summed E-state index contributed by atoms with van der Waals surface area (Å²) in [6, 6.07) is 7.66. The van der Waals surface area contributed by atoms with Crippen LogP contribution in [0.1, 0.15) is 12.5 Å². The van der Waals surface area contributed by atoms with Crippen LogP contribution in [0.5, 0.6) is 0 Å². The van der Waals surface area contributed by atoms with E-state index in [9.17, 15) is 0 Å². The summed E-state index contributed by atoms with van der Waals surface area (Å²) in [5.74, 6) is 0. The van der Waals surface area contributed by atoms with Gasteiger partial charge in [0.2, 0.25) is 0 Å². The minimum Gasteiger partial charge on any atom is -0.220 e. The number of aliphatic imine (C=N–C) groups is 1. The Balaban J connectivity index is 3.12. The average molecular weight is 338 g/mol. The predicted octanol–water partition coefficient (Wildman–Crippen LogP) is 4.09. The van der Waals surface area contributed by atoms with Crippen molar-refractivity contribution >= 4 is 51.6 Å². The van der Waals surface area contributed by atoms with E-state index in [1.54, 1.807) is 0 Å². The van der Waals surface area contributed by atoms with E-state index in [0.29, 0.717) is 0 Å². The number of hydrogen-bond acceptors (Lipinski definition) is 2. The quantitative estimate of drug-likeness (QED) is 0.350. The first-order valence-electron chi connectivity index (χ1n) is 4.03. The smallest absolute Gasteiger partial charge is 0.102 e. The van der Waals surface area contributed by atoms with E-state index in [1.807, 2.05) is 31.2 Å². The van der Waals surface area contributed by atoms with Gasteiger partial charge in [-0.25, -0.2) is 4.99 Å². The molecule has 0 aliphatic rings. The number of thiocarbonyl (C=S) groups is 1. The van der Waals surface area contributed by atoms with Gasteiger partial charge in [0.15, 0.2) is 0 Å². The van der Waals surface area contributed by atoms with Crippen LogP contribution in [0, 0.1) is 0 Å². The Bertz CT molecular complexity index is 359. The van der Waals surface area contributed by atoms with Crippen molar-refractivity contribution in [2.75, 3.05) is 4.43 Å². The molecule has 0 aliphatic carbocycles. The largest absolute Gasteiger partial charge is 0.220 e. The van der Waals surface area contributed by atoms with Gasteiger partial charge in [-0.3, -0.25) is 0 Å². The van der Waals surface area contributed by atoms with E-state index in [1.165, 1.54) is 0 Å². The van der Waals surface area contributed by atoms with Crippen molar-refractivity contribution in [2.24, 2.45) is 4.99 Å². The third-order valence-corrected chi connectivity index (χ3v) is 3.85. The molecule has 0 aliphatic heterocycles. The molecule has 1 unspecified atom stereocenters. The van der Waals surface area contributed by atoms with E-state index in [-0.39, 0.29) is 5.54 Å². The zero-order valence-electron chi connectivity index (χ0n) is 7.63. The highest BCUT2D eigenvalue weighted by Crippen LogP contribution is 2.28. The molecule has 14 heavy (non-hydrogen) atoms. The second-order valence-corrected chi connectivity index (χ2v) is 4.50. The summed E-state index contributed by atoms with van der Waals surface area (Å²) in [6.45, 7) is 2.03. The van der Waals surface area contributed by atoms with Gasteiger partial charge in [-0.2, -0.15) is 0 Å². The van der Waals surface area contributed by atoms with Crippen molar-refractivity contribution in [3.63, 3.8) is 0 Å². The summed E-state index contributed by atoms with van der Waals surface area (Å²) in [6.07, 6.45) is 0. The van der Waals surface area contributed by atoms with Gasteiger partial charge in [0.25, 0.3) is 0 Å². The summed E-state index contributed by atoms with van der Waals surface area (Å²) in [5.41, 5.74) is 0.820. The zero-order chi connectivity index (χ0) is 10.6. The van der Waals surface area contributed by atoms with Gasteiger partial charge in [-0.1, -0.05) is 46.3 Å². The molecule has 0 amide bonds. The first kappa shape index (κ1) is 12.1. The molecule has 0 aromatic heterocycles. The maximum absolute atomic E-state index is 5.81. The van der Waals surface area contributed by atoms with Crippen LogP contribution < -0.4 is 0 Å². The zero-order valence-corrected chi connectivity index (χ0v) is 11.4. The lowest BCUT2D eigenvalue weighted by Crippen LogP contribution is -2.20. The monoisotopic (exact) mass is 337 g/mol. The van der Waals surface area contributed by atoms with E-state index < -0.39 is 0 Å². The Kier molecular flexibility index (Phi) is 4.51. The van der Waals surface area contributed by atoms with Crippen molar-refractivity contribution in [3.8, 4) is 0 Å². The number of benzene rings is 1. The molecule has 0 bridgehead atoms. The first-order valence-corrected chi connectivity index (χ1v) is 6.34. The third-order valence-electron chi connectivity index (χ3n) is 2.02. The lowest BCUT2D eigenvalue weighted by Gasteiger charge is -2.21. The predicted molar refractivity (Wildman–Crippen MR) is 72.7 cm³/mol. The molecule has 0 spiro atoms. The molecule has 0 saturated carbocycles. The first-order chi connectivity index (χ1) is 6.62. The van der Waals surface area contributed by atoms with Gasteiger partial charge in [0.1, 0.15) is 5.54 Å². The molecule has 0 fully saturated rings. The van der Waals surface area contributed by atoms with Gasteiger partial charge in [0, 0.05) is 9.45 Å². The Hall–Kier alpha value is 0.0400. The van der Waals surface area contributed by atoms with E-state index in [4.69, 9.17) is 11.6 Å². The van der Waals surface area contributed by atoms with Gasteiger partial charge in [-0.05, 0) is 36.8 Å². The third kappa shape index (κ3) is 2.76. The van der Waals surface area contributed by atoms with Crippen LogP contribution >= 0.6 is 46.4 Å². The number of halogens is 2. The average Bonchev–Trinajstić information content (AvgIpc) is 2.19. The Morgan fingerprint density at radius 1 is 1.50 bits per heavy atom. The van der Waals surface area contributed by atoms with Crippen LogP contribution in [0.2, 0.25) is 5.02 Å². The lowest BCUT2D eigenvalue weighted by molar-refractivity contribution is 0.583. The molecular weight excluding hydrogens is 329 g/mol. The number of rotatable bonds is 3. The van der Waals surface area contributed by atoms with E-state index >= 15 is 0 Å². The van der Waals surface area contributed by atoms with Gasteiger partial charge < -0.3 is 0 Å². The van der Waals surface area contributed by atoms with Crippen molar-refractivity contribution < 1.29 is 0 Å². The normalized spacial score (nSPS) is 14.2. The molecule has 0 N–H and O–H groups in total. The Morgan fingerprint density at radius 3 is 2.50 bits per heavy atom. The maximum Gasteiger partial charge on any atom is 0.102 e. The highest BCUT2D eigenvalue weighted by molar-refractivity contribution is 14.1. The molecule has 1 aromatic carbocycles. The van der Waals surface area contributed by atoms with Gasteiger partial charge >= 0.3 is 0 Å². The lowest BCUT2D eigenvalue weighted by atomic mass is 9.95. The fraction of sp³-hybridized carbons (Fsp3) is 0.300. The van der Waals surface area contributed by atoms with Crippen LogP contribution in [0.4, 0.5) is 0 Å². The standard InChI is InChI=1S/C10H9ClINS/c1-10(6-12,13-7-14)8-2-4-9(11)5-3-8/h2-5H,6H2,1H3. The Morgan fingerprint density at radius 2 is 2.07 bits per heavy atom. The minimum absolute atomic E-state index is 0.285. The highest BCUT2D eigenvalue weighted by atomic mass is 127. The van der Waals surface area contributed by atoms with Crippen molar-refractivity contribution in [1.82, 2.24) is 0 Å². The van der Waals surface area contributed by atoms with Gasteiger partial charge in [-0.15, -0.1) is 0 Å². The molecule has 0 radical (unpaired) electrons. The summed E-state index contributed by atoms with van der Waals surface area (Å²) >= 11 is 12.7. The van der Waals surface area contributed by atoms with Crippen LogP contribution in [-0.2, 0) is 5.54 Å². The molecule has 74 valence electrons.